The number of hydrogen-bond acceptors (Lipinski definition) is 5. The highest BCUT2D eigenvalue weighted by atomic mass is 16.5. The molecule has 0 aliphatic carbocycles. The molecule has 1 aromatic heterocycles. The van der Waals surface area contributed by atoms with Gasteiger partial charge in [-0.1, -0.05) is 43.0 Å². The summed E-state index contributed by atoms with van der Waals surface area (Å²) in [4.78, 5) is 29.5. The lowest BCUT2D eigenvalue weighted by molar-refractivity contribution is -0.140. The number of fused-ring (bicyclic) bond motifs is 1. The van der Waals surface area contributed by atoms with Crippen LogP contribution in [-0.2, 0) is 9.53 Å². The van der Waals surface area contributed by atoms with Crippen molar-refractivity contribution in [1.82, 2.24) is 9.55 Å². The van der Waals surface area contributed by atoms with Gasteiger partial charge in [-0.25, -0.2) is 4.98 Å². The van der Waals surface area contributed by atoms with Crippen LogP contribution in [0.1, 0.15) is 50.0 Å². The maximum atomic E-state index is 13.5. The molecule has 0 amide bonds. The zero-order chi connectivity index (χ0) is 21.5. The number of carbonyl (C=O) groups is 1. The molecular weight excluding hydrogens is 378 g/mol. The third-order valence-corrected chi connectivity index (χ3v) is 4.84. The summed E-state index contributed by atoms with van der Waals surface area (Å²) >= 11 is 0. The minimum atomic E-state index is -0.365. The quantitative estimate of drug-likeness (QED) is 0.387. The van der Waals surface area contributed by atoms with Crippen LogP contribution < -0.4 is 11.3 Å². The number of ether oxygens (including phenoxy) is 1. The van der Waals surface area contributed by atoms with E-state index in [1.807, 2.05) is 49.4 Å². The van der Waals surface area contributed by atoms with Crippen LogP contribution in [0.15, 0.2) is 53.3 Å². The largest absolute Gasteiger partial charge is 0.469 e. The Kier molecular flexibility index (Phi) is 6.99. The van der Waals surface area contributed by atoms with E-state index in [0.29, 0.717) is 48.0 Å². The SMILES string of the molecule is CC[C@H](N)c1nc2cccc(C#CCCCC(=O)OC)c2c(=O)n1-c1ccccc1. The van der Waals surface area contributed by atoms with Gasteiger partial charge < -0.3 is 10.5 Å². The van der Waals surface area contributed by atoms with Gasteiger partial charge >= 0.3 is 5.97 Å². The number of carbonyl (C=O) groups excluding carboxylic acids is 1. The number of benzene rings is 2. The number of nitrogens with zero attached hydrogens (tertiary/aromatic N) is 2. The van der Waals surface area contributed by atoms with Crippen molar-refractivity contribution in [3.05, 3.63) is 70.3 Å². The normalized spacial score (nSPS) is 11.6. The lowest BCUT2D eigenvalue weighted by Gasteiger charge is -2.17. The lowest BCUT2D eigenvalue weighted by atomic mass is 10.1. The van der Waals surface area contributed by atoms with E-state index in [4.69, 9.17) is 10.7 Å². The summed E-state index contributed by atoms with van der Waals surface area (Å²) in [5.74, 6) is 6.40. The molecule has 0 bridgehead atoms. The van der Waals surface area contributed by atoms with Crippen molar-refractivity contribution in [2.24, 2.45) is 5.73 Å². The third-order valence-electron chi connectivity index (χ3n) is 4.84. The minimum Gasteiger partial charge on any atom is -0.469 e. The first-order valence-corrected chi connectivity index (χ1v) is 9.99. The van der Waals surface area contributed by atoms with E-state index in [-0.39, 0.29) is 17.6 Å². The molecule has 30 heavy (non-hydrogen) atoms. The Balaban J connectivity index is 2.10. The Morgan fingerprint density at radius 1 is 1.20 bits per heavy atom. The molecule has 3 rings (SSSR count). The fraction of sp³-hybridized carbons (Fsp3) is 0.292. The number of unbranched alkanes of at least 4 members (excludes halogenated alkanes) is 1. The third kappa shape index (κ3) is 4.58. The van der Waals surface area contributed by atoms with Crippen LogP contribution in [0.5, 0.6) is 0 Å². The van der Waals surface area contributed by atoms with Crippen LogP contribution >= 0.6 is 0 Å². The number of aromatic nitrogens is 2. The summed E-state index contributed by atoms with van der Waals surface area (Å²) in [5.41, 5.74) is 8.01. The molecule has 2 aromatic carbocycles. The molecule has 2 N–H and O–H groups in total. The van der Waals surface area contributed by atoms with E-state index in [1.54, 1.807) is 10.6 Å². The van der Waals surface area contributed by atoms with Crippen molar-refractivity contribution >= 4 is 16.9 Å². The zero-order valence-electron chi connectivity index (χ0n) is 17.2. The molecule has 0 radical (unpaired) electrons. The fourth-order valence-electron chi connectivity index (χ4n) is 3.19. The average molecular weight is 403 g/mol. The predicted molar refractivity (Wildman–Crippen MR) is 117 cm³/mol. The monoisotopic (exact) mass is 403 g/mol. The number of para-hydroxylation sites is 1. The second kappa shape index (κ2) is 9.86. The molecule has 1 atom stereocenters. The zero-order valence-corrected chi connectivity index (χ0v) is 17.2. The fourth-order valence-corrected chi connectivity index (χ4v) is 3.19. The topological polar surface area (TPSA) is 87.2 Å². The van der Waals surface area contributed by atoms with Gasteiger partial charge in [0.25, 0.3) is 5.56 Å². The molecule has 0 saturated carbocycles. The van der Waals surface area contributed by atoms with Gasteiger partial charge in [-0.3, -0.25) is 14.2 Å². The van der Waals surface area contributed by atoms with Gasteiger partial charge in [-0.05, 0) is 37.1 Å². The van der Waals surface area contributed by atoms with Crippen LogP contribution in [0.2, 0.25) is 0 Å². The summed E-state index contributed by atoms with van der Waals surface area (Å²) in [6, 6.07) is 14.5. The van der Waals surface area contributed by atoms with Gasteiger partial charge in [0.15, 0.2) is 0 Å². The number of nitrogens with two attached hydrogens (primary N) is 1. The van der Waals surface area contributed by atoms with E-state index in [2.05, 4.69) is 16.6 Å². The summed E-state index contributed by atoms with van der Waals surface area (Å²) in [6.07, 6.45) is 2.11. The molecule has 6 heteroatoms. The maximum absolute atomic E-state index is 13.5. The van der Waals surface area contributed by atoms with Crippen molar-refractivity contribution in [3.63, 3.8) is 0 Å². The van der Waals surface area contributed by atoms with Gasteiger partial charge in [0.1, 0.15) is 5.82 Å². The van der Waals surface area contributed by atoms with E-state index in [1.165, 1.54) is 7.11 Å². The van der Waals surface area contributed by atoms with Gasteiger partial charge in [0, 0.05) is 18.4 Å². The highest BCUT2D eigenvalue weighted by molar-refractivity contribution is 5.84. The van der Waals surface area contributed by atoms with Crippen LogP contribution in [0.3, 0.4) is 0 Å². The van der Waals surface area contributed by atoms with Crippen molar-refractivity contribution in [1.29, 1.82) is 0 Å². The van der Waals surface area contributed by atoms with Crippen LogP contribution in [-0.4, -0.2) is 22.6 Å². The summed E-state index contributed by atoms with van der Waals surface area (Å²) in [7, 11) is 1.37. The second-order valence-corrected chi connectivity index (χ2v) is 6.89. The Morgan fingerprint density at radius 3 is 2.67 bits per heavy atom. The first kappa shape index (κ1) is 21.3. The molecular formula is C24H25N3O3. The Labute approximate surface area is 175 Å². The Hall–Kier alpha value is -3.43. The first-order chi connectivity index (χ1) is 14.6. The Bertz CT molecular complexity index is 1160. The average Bonchev–Trinajstić information content (AvgIpc) is 2.78. The van der Waals surface area contributed by atoms with Gasteiger partial charge in [-0.15, -0.1) is 0 Å². The molecule has 154 valence electrons. The van der Waals surface area contributed by atoms with Gasteiger partial charge in [0.2, 0.25) is 0 Å². The van der Waals surface area contributed by atoms with Gasteiger partial charge in [-0.2, -0.15) is 0 Å². The predicted octanol–water partition coefficient (Wildman–Crippen LogP) is 3.49. The van der Waals surface area contributed by atoms with E-state index in [9.17, 15) is 9.59 Å². The van der Waals surface area contributed by atoms with Crippen LogP contribution in [0.4, 0.5) is 0 Å². The molecule has 0 saturated heterocycles. The van der Waals surface area contributed by atoms with E-state index >= 15 is 0 Å². The molecule has 0 unspecified atom stereocenters. The molecule has 3 aromatic rings. The maximum Gasteiger partial charge on any atom is 0.305 e. The molecule has 0 aliphatic rings. The van der Waals surface area contributed by atoms with E-state index in [0.717, 1.165) is 5.69 Å². The number of hydrogen-bond donors (Lipinski definition) is 1. The standard InChI is InChI=1S/C24H25N3O3/c1-3-19(25)23-26-20-15-10-12-17(11-6-4-9-16-21(28)30-2)22(20)24(29)27(23)18-13-7-5-8-14-18/h5,7-8,10,12-15,19H,3-4,9,16,25H2,1-2H3/t19-/m0/s1. The molecule has 0 fully saturated rings. The van der Waals surface area contributed by atoms with Crippen molar-refractivity contribution in [2.45, 2.75) is 38.6 Å². The molecule has 1 heterocycles. The first-order valence-electron chi connectivity index (χ1n) is 9.99. The van der Waals surface area contributed by atoms with Crippen molar-refractivity contribution < 1.29 is 9.53 Å². The van der Waals surface area contributed by atoms with Crippen molar-refractivity contribution in [3.8, 4) is 17.5 Å². The van der Waals surface area contributed by atoms with E-state index < -0.39 is 0 Å². The highest BCUT2D eigenvalue weighted by Gasteiger charge is 2.18. The highest BCUT2D eigenvalue weighted by Crippen LogP contribution is 2.20. The minimum absolute atomic E-state index is 0.190. The second-order valence-electron chi connectivity index (χ2n) is 6.89. The lowest BCUT2D eigenvalue weighted by Crippen LogP contribution is -2.28. The summed E-state index contributed by atoms with van der Waals surface area (Å²) < 4.78 is 6.22. The van der Waals surface area contributed by atoms with Crippen LogP contribution in [0.25, 0.3) is 16.6 Å². The summed E-state index contributed by atoms with van der Waals surface area (Å²) in [5, 5.41) is 0.467. The molecule has 6 nitrogen and oxygen atoms in total. The number of rotatable bonds is 6. The summed E-state index contributed by atoms with van der Waals surface area (Å²) in [6.45, 7) is 1.96. The molecule has 0 aliphatic heterocycles. The molecule has 0 spiro atoms. The number of methoxy groups -OCH3 is 1. The smallest absolute Gasteiger partial charge is 0.305 e. The number of esters is 1. The Morgan fingerprint density at radius 2 is 1.97 bits per heavy atom. The van der Waals surface area contributed by atoms with Gasteiger partial charge in [0.05, 0.1) is 29.7 Å². The van der Waals surface area contributed by atoms with Crippen LogP contribution in [0, 0.1) is 11.8 Å². The van der Waals surface area contributed by atoms with Crippen molar-refractivity contribution in [2.75, 3.05) is 7.11 Å².